The smallest absolute Gasteiger partial charge is 0.329 e. The SMILES string of the molecule is Cn1c(=O)n(C2CCC(=O)NC2=O)c2ccc(CCCN3CCc4nc(-c5ccc6cn([C@H]7CC[C@H](CNC(=O)c8cc(F)c(O)c(F)c8F)CC7)nc6c5)sc4C3)cc21. The number of imide groups is 1. The molecular formula is C43H43F3N8O5S. The predicted octanol–water partition coefficient (Wildman–Crippen LogP) is 6.07. The average Bonchev–Trinajstić information content (AvgIpc) is 3.94. The van der Waals surface area contributed by atoms with Crippen LogP contribution in [0.5, 0.6) is 5.75 Å². The van der Waals surface area contributed by atoms with E-state index in [-0.39, 0.29) is 36.5 Å². The van der Waals surface area contributed by atoms with Crippen molar-refractivity contribution >= 4 is 51.0 Å². The highest BCUT2D eigenvalue weighted by Crippen LogP contribution is 2.36. The highest BCUT2D eigenvalue weighted by Gasteiger charge is 2.32. The number of thiazole rings is 1. The molecule has 3 N–H and O–H groups in total. The molecule has 6 aromatic rings. The first-order valence-electron chi connectivity index (χ1n) is 20.3. The van der Waals surface area contributed by atoms with Gasteiger partial charge in [-0.2, -0.15) is 9.49 Å². The van der Waals surface area contributed by atoms with Gasteiger partial charge >= 0.3 is 5.69 Å². The van der Waals surface area contributed by atoms with Crippen LogP contribution in [0.15, 0.2) is 53.5 Å². The first kappa shape index (κ1) is 39.6. The van der Waals surface area contributed by atoms with E-state index in [2.05, 4.69) is 39.9 Å². The van der Waals surface area contributed by atoms with Crippen molar-refractivity contribution in [1.82, 2.24) is 39.4 Å². The molecule has 5 heterocycles. The molecule has 1 saturated heterocycles. The molecule has 17 heteroatoms. The third-order valence-corrected chi connectivity index (χ3v) is 13.4. The molecule has 3 aliphatic rings. The fourth-order valence-corrected chi connectivity index (χ4v) is 10.1. The number of aromatic nitrogens is 5. The van der Waals surface area contributed by atoms with Gasteiger partial charge < -0.3 is 10.4 Å². The summed E-state index contributed by atoms with van der Waals surface area (Å²) in [5.74, 6) is -7.78. The Bertz CT molecular complexity index is 2750. The van der Waals surface area contributed by atoms with Crippen LogP contribution in [-0.2, 0) is 36.0 Å². The number of rotatable bonds is 10. The Labute approximate surface area is 345 Å². The fraction of sp³-hybridized carbons (Fsp3) is 0.395. The highest BCUT2D eigenvalue weighted by molar-refractivity contribution is 7.15. The zero-order chi connectivity index (χ0) is 41.8. The van der Waals surface area contributed by atoms with Gasteiger partial charge in [-0.1, -0.05) is 18.2 Å². The Balaban J connectivity index is 0.781. The molecule has 2 aliphatic heterocycles. The van der Waals surface area contributed by atoms with E-state index < -0.39 is 46.6 Å². The lowest BCUT2D eigenvalue weighted by atomic mass is 9.86. The van der Waals surface area contributed by atoms with E-state index >= 15 is 0 Å². The van der Waals surface area contributed by atoms with Gasteiger partial charge in [-0.25, -0.2) is 18.6 Å². The summed E-state index contributed by atoms with van der Waals surface area (Å²) in [5, 5.41) is 21.1. The number of carbonyl (C=O) groups excluding carboxylic acids is 3. The van der Waals surface area contributed by atoms with Crippen molar-refractivity contribution < 1.29 is 32.7 Å². The summed E-state index contributed by atoms with van der Waals surface area (Å²) in [4.78, 5) is 58.7. The van der Waals surface area contributed by atoms with Crippen molar-refractivity contribution in [2.75, 3.05) is 19.6 Å². The lowest BCUT2D eigenvalue weighted by Gasteiger charge is -2.28. The molecule has 2 fully saturated rings. The maximum Gasteiger partial charge on any atom is 0.329 e. The van der Waals surface area contributed by atoms with Crippen LogP contribution in [0.1, 0.15) is 83.5 Å². The van der Waals surface area contributed by atoms with E-state index in [9.17, 15) is 37.5 Å². The number of aryl methyl sites for hydroxylation is 2. The van der Waals surface area contributed by atoms with Crippen LogP contribution in [0.2, 0.25) is 0 Å². The minimum atomic E-state index is -1.78. The van der Waals surface area contributed by atoms with E-state index in [1.807, 2.05) is 22.9 Å². The van der Waals surface area contributed by atoms with Gasteiger partial charge in [-0.15, -0.1) is 11.3 Å². The number of fused-ring (bicyclic) bond motifs is 3. The molecule has 0 spiro atoms. The number of nitrogens with one attached hydrogen (secondary N) is 2. The maximum atomic E-state index is 14.2. The number of hydrogen-bond acceptors (Lipinski definition) is 9. The highest BCUT2D eigenvalue weighted by atomic mass is 32.1. The Morgan fingerprint density at radius 2 is 1.80 bits per heavy atom. The molecule has 1 atom stereocenters. The van der Waals surface area contributed by atoms with Gasteiger partial charge in [0.15, 0.2) is 17.4 Å². The Morgan fingerprint density at radius 3 is 2.60 bits per heavy atom. The van der Waals surface area contributed by atoms with Gasteiger partial charge in [0.25, 0.3) is 5.91 Å². The molecule has 3 amide bonds. The second kappa shape index (κ2) is 16.0. The lowest BCUT2D eigenvalue weighted by molar-refractivity contribution is -0.135. The number of halogens is 3. The van der Waals surface area contributed by atoms with Crippen molar-refractivity contribution in [2.24, 2.45) is 13.0 Å². The molecule has 312 valence electrons. The number of piperidine rings is 1. The second-order valence-electron chi connectivity index (χ2n) is 16.2. The zero-order valence-electron chi connectivity index (χ0n) is 32.8. The number of benzene rings is 3. The number of hydrogen-bond donors (Lipinski definition) is 3. The molecule has 3 aromatic heterocycles. The van der Waals surface area contributed by atoms with E-state index in [1.54, 1.807) is 23.0 Å². The van der Waals surface area contributed by atoms with Crippen LogP contribution in [0.3, 0.4) is 0 Å². The number of nitrogens with zero attached hydrogens (tertiary/aromatic N) is 6. The normalized spacial score (nSPS) is 19.8. The molecule has 1 aliphatic carbocycles. The Kier molecular flexibility index (Phi) is 10.6. The van der Waals surface area contributed by atoms with Gasteiger partial charge in [-0.05, 0) is 87.2 Å². The molecular weight excluding hydrogens is 798 g/mol. The first-order chi connectivity index (χ1) is 28.9. The van der Waals surface area contributed by atoms with Crippen LogP contribution in [0.25, 0.3) is 32.5 Å². The topological polar surface area (TPSA) is 156 Å². The van der Waals surface area contributed by atoms with Gasteiger partial charge in [0.1, 0.15) is 11.0 Å². The van der Waals surface area contributed by atoms with Crippen LogP contribution in [0, 0.1) is 23.4 Å². The van der Waals surface area contributed by atoms with Gasteiger partial charge in [0.05, 0.1) is 33.8 Å². The second-order valence-corrected chi connectivity index (χ2v) is 17.3. The summed E-state index contributed by atoms with van der Waals surface area (Å²) in [6.45, 7) is 2.92. The summed E-state index contributed by atoms with van der Waals surface area (Å²) in [6.07, 6.45) is 8.45. The van der Waals surface area contributed by atoms with Crippen LogP contribution in [0.4, 0.5) is 13.2 Å². The Hall–Kier alpha value is -5.81. The standard InChI is InChI=1S/C43H43F3N8O5S/c1-51-34-17-23(6-11-32(34)54(43(51)59)33-12-13-36(55)49-41(33)58)3-2-15-52-16-14-30-35(22-52)60-42(48-30)25-7-8-26-21-53(50-31(26)18-25)27-9-4-24(5-10-27)20-47-40(57)28-19-29(44)39(56)38(46)37(28)45/h6-8,11,17-19,21,24,27,33,56H,2-5,9-10,12-16,20,22H2,1H3,(H,47,57)(H,49,55,58)/t24-,27-,33?. The predicted molar refractivity (Wildman–Crippen MR) is 218 cm³/mol. The van der Waals surface area contributed by atoms with E-state index in [1.165, 1.54) is 9.44 Å². The largest absolute Gasteiger partial charge is 0.503 e. The number of aromatic hydroxyl groups is 1. The monoisotopic (exact) mass is 840 g/mol. The van der Waals surface area contributed by atoms with Gasteiger partial charge in [0, 0.05) is 61.5 Å². The number of carbonyl (C=O) groups is 3. The molecule has 0 radical (unpaired) electrons. The molecule has 13 nitrogen and oxygen atoms in total. The average molecular weight is 841 g/mol. The summed E-state index contributed by atoms with van der Waals surface area (Å²) < 4.78 is 46.7. The van der Waals surface area contributed by atoms with Crippen LogP contribution < -0.4 is 16.3 Å². The zero-order valence-corrected chi connectivity index (χ0v) is 33.7. The molecule has 60 heavy (non-hydrogen) atoms. The quantitative estimate of drug-likeness (QED) is 0.111. The van der Waals surface area contributed by atoms with Gasteiger partial charge in [0.2, 0.25) is 17.6 Å². The van der Waals surface area contributed by atoms with Gasteiger partial charge in [-0.3, -0.25) is 38.4 Å². The van der Waals surface area contributed by atoms with Crippen molar-refractivity contribution in [1.29, 1.82) is 0 Å². The van der Waals surface area contributed by atoms with E-state index in [0.717, 1.165) is 103 Å². The van der Waals surface area contributed by atoms with E-state index in [0.29, 0.717) is 18.0 Å². The van der Waals surface area contributed by atoms with Crippen molar-refractivity contribution in [3.8, 4) is 16.3 Å². The Morgan fingerprint density at radius 1 is 0.983 bits per heavy atom. The van der Waals surface area contributed by atoms with Crippen LogP contribution in [-0.4, -0.2) is 71.3 Å². The molecule has 0 bridgehead atoms. The van der Waals surface area contributed by atoms with Crippen molar-refractivity contribution in [3.05, 3.63) is 98.3 Å². The van der Waals surface area contributed by atoms with Crippen molar-refractivity contribution in [3.63, 3.8) is 0 Å². The summed E-state index contributed by atoms with van der Waals surface area (Å²) in [6, 6.07) is 12.2. The first-order valence-corrected chi connectivity index (χ1v) is 21.1. The summed E-state index contributed by atoms with van der Waals surface area (Å²) in [7, 11) is 1.71. The lowest BCUT2D eigenvalue weighted by Crippen LogP contribution is -2.44. The minimum Gasteiger partial charge on any atom is -0.503 e. The molecule has 1 saturated carbocycles. The van der Waals surface area contributed by atoms with Crippen molar-refractivity contribution in [2.45, 2.75) is 76.4 Å². The summed E-state index contributed by atoms with van der Waals surface area (Å²) >= 11 is 1.72. The number of phenols is 1. The minimum absolute atomic E-state index is 0.116. The number of imidazole rings is 1. The maximum absolute atomic E-state index is 14.2. The summed E-state index contributed by atoms with van der Waals surface area (Å²) in [5.41, 5.74) is 4.58. The molecule has 3 aromatic carbocycles. The molecule has 1 unspecified atom stereocenters. The number of amides is 3. The third-order valence-electron chi connectivity index (χ3n) is 12.3. The fourth-order valence-electron chi connectivity index (χ4n) is 8.92. The third kappa shape index (κ3) is 7.48. The molecule has 9 rings (SSSR count). The van der Waals surface area contributed by atoms with E-state index in [4.69, 9.17) is 10.1 Å². The number of phenolic OH excluding ortho intramolecular Hbond substituents is 1. The van der Waals surface area contributed by atoms with Crippen LogP contribution >= 0.6 is 11.3 Å².